The molecule has 3 fully saturated rings. The lowest BCUT2D eigenvalue weighted by atomic mass is 9.64. The highest BCUT2D eigenvalue weighted by Gasteiger charge is 2.47. The summed E-state index contributed by atoms with van der Waals surface area (Å²) < 4.78 is 14.0. The molecule has 1 saturated carbocycles. The third kappa shape index (κ3) is 3.12. The molecule has 4 rings (SSSR count). The Morgan fingerprint density at radius 3 is 2.64 bits per heavy atom. The summed E-state index contributed by atoms with van der Waals surface area (Å²) in [6.07, 6.45) is 6.44. The number of amides is 1. The fraction of sp³-hybridized carbons (Fsp3) is 0.684. The van der Waals surface area contributed by atoms with Gasteiger partial charge in [0.05, 0.1) is 0 Å². The van der Waals surface area contributed by atoms with Crippen molar-refractivity contribution < 1.29 is 14.3 Å². The molecule has 1 spiro atoms. The summed E-state index contributed by atoms with van der Waals surface area (Å²) in [5, 5.41) is 9.97. The zero-order valence-electron chi connectivity index (χ0n) is 14.5. The summed E-state index contributed by atoms with van der Waals surface area (Å²) >= 11 is 0. The summed E-state index contributed by atoms with van der Waals surface area (Å²) in [5.41, 5.74) is 0.0663. The van der Waals surface area contributed by atoms with Crippen molar-refractivity contribution in [3.8, 4) is 0 Å². The average Bonchev–Trinajstić information content (AvgIpc) is 3.48. The largest absolute Gasteiger partial charge is 0.396 e. The first-order chi connectivity index (χ1) is 12.1. The molecule has 0 radical (unpaired) electrons. The number of halogens is 1. The maximum Gasteiger partial charge on any atom is 0.225 e. The van der Waals surface area contributed by atoms with E-state index in [1.165, 1.54) is 6.07 Å². The van der Waals surface area contributed by atoms with Gasteiger partial charge in [0.2, 0.25) is 5.91 Å². The quantitative estimate of drug-likeness (QED) is 0.909. The Bertz CT molecular complexity index is 641. The lowest BCUT2D eigenvalue weighted by molar-refractivity contribution is -0.138. The second-order valence-electron chi connectivity index (χ2n) is 7.85. The summed E-state index contributed by atoms with van der Waals surface area (Å²) in [7, 11) is 0. The molecule has 25 heavy (non-hydrogen) atoms. The van der Waals surface area contributed by atoms with Crippen LogP contribution in [0.25, 0.3) is 0 Å². The zero-order chi connectivity index (χ0) is 17.4. The number of nitrogens with zero attached hydrogens (tertiary/aromatic N) is 3. The predicted molar refractivity (Wildman–Crippen MR) is 92.6 cm³/mol. The van der Waals surface area contributed by atoms with E-state index in [9.17, 15) is 14.3 Å². The van der Waals surface area contributed by atoms with E-state index in [4.69, 9.17) is 0 Å². The SMILES string of the molecule is O=C(C1CC1)N1CCC2(CCN(c3ncccc3F)CC2)[C@H](CO)C1. The smallest absolute Gasteiger partial charge is 0.225 e. The number of rotatable bonds is 3. The Kier molecular flexibility index (Phi) is 4.40. The number of aliphatic hydroxyl groups excluding tert-OH is 1. The molecule has 1 aromatic heterocycles. The van der Waals surface area contributed by atoms with E-state index >= 15 is 0 Å². The van der Waals surface area contributed by atoms with E-state index in [1.54, 1.807) is 12.3 Å². The Balaban J connectivity index is 1.43. The average molecular weight is 347 g/mol. The Morgan fingerprint density at radius 2 is 2.00 bits per heavy atom. The van der Waals surface area contributed by atoms with Crippen LogP contribution in [0.2, 0.25) is 0 Å². The van der Waals surface area contributed by atoms with Crippen LogP contribution in [0.15, 0.2) is 18.3 Å². The van der Waals surface area contributed by atoms with Crippen molar-refractivity contribution in [3.05, 3.63) is 24.1 Å². The van der Waals surface area contributed by atoms with Gasteiger partial charge in [-0.3, -0.25) is 4.79 Å². The normalized spacial score (nSPS) is 26.1. The van der Waals surface area contributed by atoms with Crippen LogP contribution in [0.4, 0.5) is 10.2 Å². The van der Waals surface area contributed by atoms with Gasteiger partial charge >= 0.3 is 0 Å². The van der Waals surface area contributed by atoms with E-state index < -0.39 is 0 Å². The highest BCUT2D eigenvalue weighted by molar-refractivity contribution is 5.81. The first-order valence-corrected chi connectivity index (χ1v) is 9.38. The number of hydrogen-bond acceptors (Lipinski definition) is 4. The van der Waals surface area contributed by atoms with Crippen molar-refractivity contribution in [1.82, 2.24) is 9.88 Å². The number of carbonyl (C=O) groups is 1. The molecule has 5 nitrogen and oxygen atoms in total. The molecule has 3 aliphatic rings. The van der Waals surface area contributed by atoms with Gasteiger partial charge < -0.3 is 14.9 Å². The lowest BCUT2D eigenvalue weighted by Crippen LogP contribution is -2.55. The van der Waals surface area contributed by atoms with Gasteiger partial charge in [-0.15, -0.1) is 0 Å². The highest BCUT2D eigenvalue weighted by Crippen LogP contribution is 2.46. The van der Waals surface area contributed by atoms with Crippen LogP contribution in [0.3, 0.4) is 0 Å². The van der Waals surface area contributed by atoms with Gasteiger partial charge in [-0.1, -0.05) is 0 Å². The van der Waals surface area contributed by atoms with E-state index in [0.29, 0.717) is 12.4 Å². The molecule has 1 amide bonds. The minimum Gasteiger partial charge on any atom is -0.396 e. The Labute approximate surface area is 147 Å². The van der Waals surface area contributed by atoms with E-state index in [2.05, 4.69) is 4.98 Å². The molecule has 2 aliphatic heterocycles. The van der Waals surface area contributed by atoms with Crippen molar-refractivity contribution in [2.45, 2.75) is 32.1 Å². The molecule has 1 aliphatic carbocycles. The molecule has 2 saturated heterocycles. The number of hydrogen-bond donors (Lipinski definition) is 1. The molecule has 0 aromatic carbocycles. The van der Waals surface area contributed by atoms with Crippen molar-refractivity contribution in [3.63, 3.8) is 0 Å². The van der Waals surface area contributed by atoms with Crippen molar-refractivity contribution in [2.75, 3.05) is 37.7 Å². The second-order valence-corrected chi connectivity index (χ2v) is 7.85. The van der Waals surface area contributed by atoms with Gasteiger partial charge in [0.25, 0.3) is 0 Å². The minimum absolute atomic E-state index is 0.0663. The molecule has 0 bridgehead atoms. The monoisotopic (exact) mass is 347 g/mol. The fourth-order valence-corrected chi connectivity index (χ4v) is 4.58. The number of aromatic nitrogens is 1. The summed E-state index contributed by atoms with van der Waals surface area (Å²) in [4.78, 5) is 20.5. The van der Waals surface area contributed by atoms with Crippen LogP contribution < -0.4 is 4.90 Å². The molecule has 0 unspecified atom stereocenters. The number of pyridine rings is 1. The number of likely N-dealkylation sites (tertiary alicyclic amines) is 1. The first kappa shape index (κ1) is 16.8. The van der Waals surface area contributed by atoms with Crippen LogP contribution in [0.1, 0.15) is 32.1 Å². The van der Waals surface area contributed by atoms with Crippen molar-refractivity contribution in [2.24, 2.45) is 17.3 Å². The van der Waals surface area contributed by atoms with Crippen LogP contribution >= 0.6 is 0 Å². The topological polar surface area (TPSA) is 56.7 Å². The number of piperidine rings is 2. The first-order valence-electron chi connectivity index (χ1n) is 9.38. The Hall–Kier alpha value is -1.69. The number of aliphatic hydroxyl groups is 1. The maximum absolute atomic E-state index is 14.0. The van der Waals surface area contributed by atoms with Gasteiger partial charge in [0.1, 0.15) is 0 Å². The standard InChI is InChI=1S/C19H26FN3O2/c20-16-2-1-8-21-17(16)22-9-5-19(6-10-22)7-11-23(12-15(19)13-24)18(25)14-3-4-14/h1-2,8,14-15,24H,3-7,9-13H2/t15-/m0/s1. The van der Waals surface area contributed by atoms with E-state index in [0.717, 1.165) is 51.7 Å². The second kappa shape index (κ2) is 6.56. The summed E-state index contributed by atoms with van der Waals surface area (Å²) in [5.74, 6) is 0.796. The lowest BCUT2D eigenvalue weighted by Gasteiger charge is -2.51. The van der Waals surface area contributed by atoms with Crippen LogP contribution in [-0.2, 0) is 4.79 Å². The molecular formula is C19H26FN3O2. The van der Waals surface area contributed by atoms with Gasteiger partial charge in [0, 0.05) is 50.8 Å². The van der Waals surface area contributed by atoms with Crippen LogP contribution in [0.5, 0.6) is 0 Å². The molecular weight excluding hydrogens is 321 g/mol. The molecule has 3 heterocycles. The fourth-order valence-electron chi connectivity index (χ4n) is 4.58. The maximum atomic E-state index is 14.0. The van der Waals surface area contributed by atoms with E-state index in [-0.39, 0.29) is 35.6 Å². The number of anilines is 1. The van der Waals surface area contributed by atoms with Crippen LogP contribution in [-0.4, -0.2) is 53.7 Å². The molecule has 1 aromatic rings. The molecule has 136 valence electrons. The van der Waals surface area contributed by atoms with Gasteiger partial charge in [-0.05, 0) is 49.7 Å². The van der Waals surface area contributed by atoms with Gasteiger partial charge in [0.15, 0.2) is 11.6 Å². The van der Waals surface area contributed by atoms with Crippen molar-refractivity contribution >= 4 is 11.7 Å². The summed E-state index contributed by atoms with van der Waals surface area (Å²) in [6.45, 7) is 3.09. The molecule has 6 heteroatoms. The van der Waals surface area contributed by atoms with Crippen molar-refractivity contribution in [1.29, 1.82) is 0 Å². The minimum atomic E-state index is -0.276. The predicted octanol–water partition coefficient (Wildman–Crippen LogP) is 2.06. The van der Waals surface area contributed by atoms with Gasteiger partial charge in [-0.25, -0.2) is 9.37 Å². The van der Waals surface area contributed by atoms with E-state index in [1.807, 2.05) is 9.80 Å². The number of carbonyl (C=O) groups excluding carboxylic acids is 1. The highest BCUT2D eigenvalue weighted by atomic mass is 19.1. The summed E-state index contributed by atoms with van der Waals surface area (Å²) in [6, 6.07) is 3.06. The zero-order valence-corrected chi connectivity index (χ0v) is 14.5. The van der Waals surface area contributed by atoms with Gasteiger partial charge in [-0.2, -0.15) is 0 Å². The molecule has 1 N–H and O–H groups in total. The third-order valence-electron chi connectivity index (χ3n) is 6.44. The third-order valence-corrected chi connectivity index (χ3v) is 6.44. The molecule has 1 atom stereocenters. The Morgan fingerprint density at radius 1 is 1.28 bits per heavy atom. The van der Waals surface area contributed by atoms with Crippen LogP contribution in [0, 0.1) is 23.1 Å².